The standard InChI is InChI=1S/C24H26Br2O6/c1-22(2,25)20(29)31-17-10-6-15(7-11-17)24(5,14-19(27)28)16-8-12-18(13-9-16)32-21(30)23(3,4)26/h6-13H,14H2,1-5H3,(H,27,28)/p-1. The van der Waals surface area contributed by atoms with E-state index in [0.717, 1.165) is 0 Å². The lowest BCUT2D eigenvalue weighted by atomic mass is 9.74. The Labute approximate surface area is 204 Å². The summed E-state index contributed by atoms with van der Waals surface area (Å²) in [6.07, 6.45) is -0.270. The van der Waals surface area contributed by atoms with Crippen molar-refractivity contribution in [1.29, 1.82) is 0 Å². The van der Waals surface area contributed by atoms with Crippen LogP contribution in [0.4, 0.5) is 0 Å². The number of carbonyl (C=O) groups excluding carboxylic acids is 3. The van der Waals surface area contributed by atoms with Crippen LogP contribution in [0.2, 0.25) is 0 Å². The highest BCUT2D eigenvalue weighted by molar-refractivity contribution is 9.10. The molecule has 0 fully saturated rings. The molecule has 32 heavy (non-hydrogen) atoms. The molecule has 0 saturated carbocycles. The predicted molar refractivity (Wildman–Crippen MR) is 126 cm³/mol. The van der Waals surface area contributed by atoms with Crippen LogP contribution in [0.25, 0.3) is 0 Å². The molecule has 0 aliphatic rings. The number of ether oxygens (including phenoxy) is 2. The fourth-order valence-corrected chi connectivity index (χ4v) is 3.06. The topological polar surface area (TPSA) is 92.7 Å². The fourth-order valence-electron chi connectivity index (χ4n) is 2.90. The van der Waals surface area contributed by atoms with Gasteiger partial charge in [-0.1, -0.05) is 63.0 Å². The van der Waals surface area contributed by atoms with E-state index in [1.807, 2.05) is 0 Å². The van der Waals surface area contributed by atoms with E-state index in [1.165, 1.54) is 0 Å². The number of hydrogen-bond acceptors (Lipinski definition) is 6. The minimum absolute atomic E-state index is 0.270. The molecule has 2 aromatic rings. The summed E-state index contributed by atoms with van der Waals surface area (Å²) in [6.45, 7) is 8.51. The Morgan fingerprint density at radius 3 is 1.28 bits per heavy atom. The smallest absolute Gasteiger partial charge is 0.327 e. The van der Waals surface area contributed by atoms with Crippen LogP contribution in [0.3, 0.4) is 0 Å². The van der Waals surface area contributed by atoms with Crippen molar-refractivity contribution in [2.24, 2.45) is 0 Å². The molecule has 0 spiro atoms. The highest BCUT2D eigenvalue weighted by Crippen LogP contribution is 2.37. The molecule has 0 unspecified atom stereocenters. The SMILES string of the molecule is CC(C)(Br)C(=O)Oc1ccc(C(C)(CC(=O)[O-])c2ccc(OC(=O)C(C)(C)Br)cc2)cc1. The van der Waals surface area contributed by atoms with E-state index in [0.29, 0.717) is 22.6 Å². The molecule has 2 rings (SSSR count). The van der Waals surface area contributed by atoms with Gasteiger partial charge in [-0.15, -0.1) is 0 Å². The minimum atomic E-state index is -1.21. The first-order valence-corrected chi connectivity index (χ1v) is 11.4. The van der Waals surface area contributed by atoms with Crippen molar-refractivity contribution in [3.8, 4) is 11.5 Å². The second-order valence-electron chi connectivity index (χ2n) is 8.65. The predicted octanol–water partition coefficient (Wildman–Crippen LogP) is 4.29. The number of esters is 2. The summed E-state index contributed by atoms with van der Waals surface area (Å²) in [4.78, 5) is 35.7. The number of rotatable bonds is 8. The summed E-state index contributed by atoms with van der Waals surface area (Å²) in [7, 11) is 0. The van der Waals surface area contributed by atoms with Crippen molar-refractivity contribution in [2.75, 3.05) is 0 Å². The van der Waals surface area contributed by atoms with Gasteiger partial charge in [0.05, 0.1) is 0 Å². The molecular formula is C24H25Br2O6-. The molecule has 2 aromatic carbocycles. The van der Waals surface area contributed by atoms with Crippen molar-refractivity contribution in [2.45, 2.75) is 55.1 Å². The molecule has 0 atom stereocenters. The molecule has 8 heteroatoms. The van der Waals surface area contributed by atoms with E-state index in [9.17, 15) is 19.5 Å². The zero-order valence-electron chi connectivity index (χ0n) is 18.5. The molecule has 0 radical (unpaired) electrons. The molecule has 0 bridgehead atoms. The summed E-state index contributed by atoms with van der Waals surface area (Å²) < 4.78 is 9.04. The van der Waals surface area contributed by atoms with Gasteiger partial charge >= 0.3 is 11.9 Å². The van der Waals surface area contributed by atoms with Crippen LogP contribution in [0.5, 0.6) is 11.5 Å². The Kier molecular flexibility index (Phi) is 7.94. The Morgan fingerprint density at radius 2 is 1.03 bits per heavy atom. The van der Waals surface area contributed by atoms with E-state index in [4.69, 9.17) is 9.47 Å². The molecule has 0 N–H and O–H groups in total. The highest BCUT2D eigenvalue weighted by atomic mass is 79.9. The van der Waals surface area contributed by atoms with Crippen molar-refractivity contribution in [3.05, 3.63) is 59.7 Å². The first-order chi connectivity index (χ1) is 14.6. The third-order valence-corrected chi connectivity index (χ3v) is 5.52. The Bertz CT molecular complexity index is 912. The second kappa shape index (κ2) is 9.75. The lowest BCUT2D eigenvalue weighted by molar-refractivity contribution is -0.306. The van der Waals surface area contributed by atoms with Crippen molar-refractivity contribution in [1.82, 2.24) is 0 Å². The largest absolute Gasteiger partial charge is 0.550 e. The van der Waals surface area contributed by atoms with Crippen LogP contribution in [-0.4, -0.2) is 26.6 Å². The van der Waals surface area contributed by atoms with Crippen molar-refractivity contribution in [3.63, 3.8) is 0 Å². The van der Waals surface area contributed by atoms with Crippen molar-refractivity contribution >= 4 is 49.8 Å². The number of carbonyl (C=O) groups is 3. The maximum atomic E-state index is 12.1. The Hall–Kier alpha value is -2.19. The second-order valence-corrected chi connectivity index (χ2v) is 12.6. The van der Waals surface area contributed by atoms with Gasteiger partial charge in [-0.25, -0.2) is 0 Å². The van der Waals surface area contributed by atoms with Gasteiger partial charge in [0.1, 0.15) is 20.1 Å². The maximum absolute atomic E-state index is 12.1. The summed E-state index contributed by atoms with van der Waals surface area (Å²) in [5.41, 5.74) is 0.477. The van der Waals surface area contributed by atoms with E-state index in [1.54, 1.807) is 83.1 Å². The van der Waals surface area contributed by atoms with Gasteiger partial charge in [-0.05, 0) is 63.1 Å². The van der Waals surface area contributed by atoms with Crippen LogP contribution < -0.4 is 14.6 Å². The zero-order chi connectivity index (χ0) is 24.3. The van der Waals surface area contributed by atoms with Crippen LogP contribution >= 0.6 is 31.9 Å². The van der Waals surface area contributed by atoms with E-state index in [2.05, 4.69) is 31.9 Å². The number of benzene rings is 2. The monoisotopic (exact) mass is 567 g/mol. The van der Waals surface area contributed by atoms with Crippen molar-refractivity contribution < 1.29 is 29.0 Å². The summed E-state index contributed by atoms with van der Waals surface area (Å²) in [5.74, 6) is -1.40. The van der Waals surface area contributed by atoms with Gasteiger partial charge < -0.3 is 19.4 Å². The lowest BCUT2D eigenvalue weighted by Crippen LogP contribution is -2.34. The summed E-state index contributed by atoms with van der Waals surface area (Å²) in [5, 5.41) is 11.5. The quantitative estimate of drug-likeness (QED) is 0.268. The maximum Gasteiger partial charge on any atom is 0.327 e. The average Bonchev–Trinajstić information content (AvgIpc) is 2.67. The van der Waals surface area contributed by atoms with Crippen LogP contribution in [0, 0.1) is 0 Å². The number of aliphatic carboxylic acids is 1. The molecule has 0 aliphatic carbocycles. The number of halogens is 2. The summed E-state index contributed by atoms with van der Waals surface area (Å²) in [6, 6.07) is 13.3. The van der Waals surface area contributed by atoms with Crippen LogP contribution in [0.1, 0.15) is 52.2 Å². The molecule has 0 aliphatic heterocycles. The molecule has 0 amide bonds. The van der Waals surface area contributed by atoms with E-state index >= 15 is 0 Å². The zero-order valence-corrected chi connectivity index (χ0v) is 21.7. The van der Waals surface area contributed by atoms with Gasteiger partial charge in [0, 0.05) is 17.8 Å². The number of alkyl halides is 2. The van der Waals surface area contributed by atoms with Gasteiger partial charge in [0.25, 0.3) is 0 Å². The first-order valence-electron chi connectivity index (χ1n) is 9.86. The molecular weight excluding hydrogens is 544 g/mol. The number of carboxylic acids is 1. The fraction of sp³-hybridized carbons (Fsp3) is 0.375. The minimum Gasteiger partial charge on any atom is -0.550 e. The first kappa shape index (κ1) is 26.1. The number of carboxylic acid groups (broad SMARTS) is 1. The molecule has 0 saturated heterocycles. The third kappa shape index (κ3) is 6.65. The van der Waals surface area contributed by atoms with Crippen LogP contribution in [0.15, 0.2) is 48.5 Å². The normalized spacial score (nSPS) is 12.2. The van der Waals surface area contributed by atoms with Crippen LogP contribution in [-0.2, 0) is 19.8 Å². The van der Waals surface area contributed by atoms with Gasteiger partial charge in [-0.3, -0.25) is 9.59 Å². The van der Waals surface area contributed by atoms with E-state index < -0.39 is 32.0 Å². The highest BCUT2D eigenvalue weighted by Gasteiger charge is 2.31. The lowest BCUT2D eigenvalue weighted by Gasteiger charge is -2.32. The van der Waals surface area contributed by atoms with Gasteiger partial charge in [0.2, 0.25) is 0 Å². The number of hydrogen-bond donors (Lipinski definition) is 0. The molecule has 0 aromatic heterocycles. The summed E-state index contributed by atoms with van der Waals surface area (Å²) >= 11 is 6.51. The molecule has 0 heterocycles. The van der Waals surface area contributed by atoms with E-state index in [-0.39, 0.29) is 6.42 Å². The van der Waals surface area contributed by atoms with Gasteiger partial charge in [-0.2, -0.15) is 0 Å². The Balaban J connectivity index is 2.33. The van der Waals surface area contributed by atoms with Gasteiger partial charge in [0.15, 0.2) is 0 Å². The molecule has 172 valence electrons. The average molecular weight is 569 g/mol. The molecule has 6 nitrogen and oxygen atoms in total. The Morgan fingerprint density at radius 1 is 0.719 bits per heavy atom. The third-order valence-electron chi connectivity index (χ3n) is 4.87.